The maximum atomic E-state index is 2.49. The summed E-state index contributed by atoms with van der Waals surface area (Å²) in [6, 6.07) is 83.7. The average Bonchev–Trinajstić information content (AvgIpc) is 3.73. The van der Waals surface area contributed by atoms with E-state index in [2.05, 4.69) is 243 Å². The van der Waals surface area contributed by atoms with E-state index in [0.29, 0.717) is 0 Å². The van der Waals surface area contributed by atoms with Crippen molar-refractivity contribution in [1.29, 1.82) is 0 Å². The second kappa shape index (κ2) is 13.5. The molecule has 0 saturated carbocycles. The first-order valence-corrected chi connectivity index (χ1v) is 21.4. The van der Waals surface area contributed by atoms with Gasteiger partial charge in [-0.1, -0.05) is 184 Å². The highest BCUT2D eigenvalue weighted by atomic mass is 15.1. The lowest BCUT2D eigenvalue weighted by molar-refractivity contribution is 0.661. The molecular formula is C60H43N. The van der Waals surface area contributed by atoms with Crippen LogP contribution < -0.4 is 4.90 Å². The molecule has 0 unspecified atom stereocenters. The van der Waals surface area contributed by atoms with Gasteiger partial charge in [0.2, 0.25) is 0 Å². The Balaban J connectivity index is 1.11. The highest BCUT2D eigenvalue weighted by molar-refractivity contribution is 5.96. The molecule has 0 bridgehead atoms. The molecule has 1 heteroatoms. The molecular weight excluding hydrogens is 735 g/mol. The molecule has 12 rings (SSSR count). The molecule has 1 nitrogen and oxygen atoms in total. The molecule has 0 atom stereocenters. The maximum Gasteiger partial charge on any atom is 0.0714 e. The molecule has 10 aromatic carbocycles. The second-order valence-corrected chi connectivity index (χ2v) is 17.3. The molecule has 0 aromatic heterocycles. The molecule has 2 aliphatic rings. The number of benzene rings is 10. The number of fused-ring (bicyclic) bond motifs is 8. The molecule has 10 aromatic rings. The van der Waals surface area contributed by atoms with Crippen LogP contribution in [0.2, 0.25) is 0 Å². The van der Waals surface area contributed by atoms with Crippen LogP contribution >= 0.6 is 0 Å². The molecule has 0 spiro atoms. The Labute approximate surface area is 357 Å². The van der Waals surface area contributed by atoms with Crippen LogP contribution in [0, 0.1) is 0 Å². The van der Waals surface area contributed by atoms with Gasteiger partial charge in [-0.05, 0) is 143 Å². The number of hydrogen-bond donors (Lipinski definition) is 0. The van der Waals surface area contributed by atoms with Crippen LogP contribution in [0.1, 0.15) is 47.2 Å². The molecule has 0 saturated heterocycles. The van der Waals surface area contributed by atoms with Gasteiger partial charge >= 0.3 is 0 Å². The van der Waals surface area contributed by atoms with Gasteiger partial charge in [0.15, 0.2) is 0 Å². The number of rotatable bonds is 6. The second-order valence-electron chi connectivity index (χ2n) is 17.3. The highest BCUT2D eigenvalue weighted by Crippen LogP contribution is 2.58. The van der Waals surface area contributed by atoms with Crippen molar-refractivity contribution in [3.63, 3.8) is 0 Å². The molecule has 0 heterocycles. The molecule has 0 radical (unpaired) electrons. The van der Waals surface area contributed by atoms with E-state index in [1.54, 1.807) is 0 Å². The average molecular weight is 778 g/mol. The van der Waals surface area contributed by atoms with E-state index in [1.165, 1.54) is 88.3 Å². The molecule has 0 N–H and O–H groups in total. The smallest absolute Gasteiger partial charge is 0.0714 e. The van der Waals surface area contributed by atoms with Gasteiger partial charge in [0, 0.05) is 22.5 Å². The van der Waals surface area contributed by atoms with Gasteiger partial charge < -0.3 is 4.90 Å². The normalized spacial score (nSPS) is 14.0. The van der Waals surface area contributed by atoms with Gasteiger partial charge in [-0.25, -0.2) is 0 Å². The number of anilines is 3. The first-order chi connectivity index (χ1) is 30.0. The van der Waals surface area contributed by atoms with E-state index in [0.717, 1.165) is 17.1 Å². The zero-order valence-corrected chi connectivity index (χ0v) is 34.3. The van der Waals surface area contributed by atoms with Crippen molar-refractivity contribution in [1.82, 2.24) is 0 Å². The largest absolute Gasteiger partial charge is 0.310 e. The molecule has 0 fully saturated rings. The fourth-order valence-corrected chi connectivity index (χ4v) is 10.8. The lowest BCUT2D eigenvalue weighted by Crippen LogP contribution is -2.28. The van der Waals surface area contributed by atoms with Crippen LogP contribution in [0.15, 0.2) is 224 Å². The fraction of sp³-hybridized carbons (Fsp3) is 0.0667. The molecule has 0 aliphatic heterocycles. The Morgan fingerprint density at radius 1 is 0.295 bits per heavy atom. The third-order valence-electron chi connectivity index (χ3n) is 13.7. The molecule has 61 heavy (non-hydrogen) atoms. The molecule has 0 amide bonds. The lowest BCUT2D eigenvalue weighted by Gasteiger charge is -2.35. The Hall–Kier alpha value is -7.48. The summed E-state index contributed by atoms with van der Waals surface area (Å²) in [4.78, 5) is 2.49. The van der Waals surface area contributed by atoms with Crippen molar-refractivity contribution in [2.24, 2.45) is 0 Å². The van der Waals surface area contributed by atoms with E-state index in [-0.39, 0.29) is 5.41 Å². The van der Waals surface area contributed by atoms with Crippen LogP contribution in [0.5, 0.6) is 0 Å². The van der Waals surface area contributed by atoms with Gasteiger partial charge in [0.05, 0.1) is 5.41 Å². The fourth-order valence-electron chi connectivity index (χ4n) is 10.8. The van der Waals surface area contributed by atoms with Crippen LogP contribution in [0.25, 0.3) is 54.9 Å². The summed E-state index contributed by atoms with van der Waals surface area (Å²) >= 11 is 0. The van der Waals surface area contributed by atoms with Crippen molar-refractivity contribution >= 4 is 38.6 Å². The summed E-state index contributed by atoms with van der Waals surface area (Å²) in [5, 5.41) is 5.05. The summed E-state index contributed by atoms with van der Waals surface area (Å²) < 4.78 is 0. The first kappa shape index (κ1) is 35.5. The van der Waals surface area contributed by atoms with Crippen molar-refractivity contribution in [2.45, 2.75) is 24.7 Å². The summed E-state index contributed by atoms with van der Waals surface area (Å²) in [7, 11) is 0. The van der Waals surface area contributed by atoms with E-state index in [1.807, 2.05) is 0 Å². The van der Waals surface area contributed by atoms with Gasteiger partial charge in [-0.15, -0.1) is 0 Å². The first-order valence-electron chi connectivity index (χ1n) is 21.4. The van der Waals surface area contributed by atoms with E-state index in [4.69, 9.17) is 0 Å². The minimum absolute atomic E-state index is 0.127. The van der Waals surface area contributed by atoms with Gasteiger partial charge in [0.1, 0.15) is 0 Å². The van der Waals surface area contributed by atoms with Crippen LogP contribution in [-0.4, -0.2) is 0 Å². The van der Waals surface area contributed by atoms with Gasteiger partial charge in [-0.3, -0.25) is 0 Å². The van der Waals surface area contributed by atoms with E-state index >= 15 is 0 Å². The Morgan fingerprint density at radius 2 is 0.852 bits per heavy atom. The Kier molecular flexibility index (Phi) is 7.86. The maximum absolute atomic E-state index is 2.49. The SMILES string of the molecule is CC1(C)c2ccc(N(c3cccc(-c4ccc5ccccc5c4)c3)c3ccc4c(c3)C(c3ccccc3)(c3ccccc3)c3ccccc3-4)cc2-c2cc3ccccc3cc21. The van der Waals surface area contributed by atoms with Gasteiger partial charge in [0.25, 0.3) is 0 Å². The lowest BCUT2D eigenvalue weighted by atomic mass is 9.67. The number of hydrogen-bond acceptors (Lipinski definition) is 1. The van der Waals surface area contributed by atoms with Crippen LogP contribution in [0.3, 0.4) is 0 Å². The Bertz CT molecular complexity index is 3300. The highest BCUT2D eigenvalue weighted by Gasteiger charge is 2.46. The predicted octanol–water partition coefficient (Wildman–Crippen LogP) is 15.8. The standard InChI is InChI=1S/C60H43N/c1-59(2)55-33-31-49(38-54(55)53-36-43-18-11-12-19-44(43)37-57(53)59)61(48-25-15-20-42(35-48)45-29-28-40-16-9-10-17-41(40)34-45)50-30-32-52-51-26-13-14-27-56(51)60(58(52)39-50,46-21-5-3-6-22-46)47-23-7-4-8-24-47/h3-39H,1-2H3. The minimum Gasteiger partial charge on any atom is -0.310 e. The Morgan fingerprint density at radius 3 is 1.61 bits per heavy atom. The van der Waals surface area contributed by atoms with Crippen LogP contribution in [-0.2, 0) is 10.8 Å². The van der Waals surface area contributed by atoms with Crippen LogP contribution in [0.4, 0.5) is 17.1 Å². The summed E-state index contributed by atoms with van der Waals surface area (Å²) in [5.41, 5.74) is 18.2. The third kappa shape index (κ3) is 5.33. The van der Waals surface area contributed by atoms with E-state index in [9.17, 15) is 0 Å². The van der Waals surface area contributed by atoms with Crippen molar-refractivity contribution < 1.29 is 0 Å². The molecule has 2 aliphatic carbocycles. The molecule has 288 valence electrons. The van der Waals surface area contributed by atoms with E-state index < -0.39 is 5.41 Å². The van der Waals surface area contributed by atoms with Crippen molar-refractivity contribution in [3.8, 4) is 33.4 Å². The van der Waals surface area contributed by atoms with Crippen molar-refractivity contribution in [3.05, 3.63) is 258 Å². The zero-order chi connectivity index (χ0) is 40.7. The third-order valence-corrected chi connectivity index (χ3v) is 13.7. The summed E-state index contributed by atoms with van der Waals surface area (Å²) in [5.74, 6) is 0. The van der Waals surface area contributed by atoms with Crippen molar-refractivity contribution in [2.75, 3.05) is 4.90 Å². The topological polar surface area (TPSA) is 3.24 Å². The monoisotopic (exact) mass is 777 g/mol. The zero-order valence-electron chi connectivity index (χ0n) is 34.3. The quantitative estimate of drug-likeness (QED) is 0.163. The summed E-state index contributed by atoms with van der Waals surface area (Å²) in [6.07, 6.45) is 0. The van der Waals surface area contributed by atoms with Gasteiger partial charge in [-0.2, -0.15) is 0 Å². The number of nitrogens with zero attached hydrogens (tertiary/aromatic N) is 1. The summed E-state index contributed by atoms with van der Waals surface area (Å²) in [6.45, 7) is 4.75. The minimum atomic E-state index is -0.509. The predicted molar refractivity (Wildman–Crippen MR) is 256 cm³/mol.